The minimum absolute atomic E-state index is 0.187. The quantitative estimate of drug-likeness (QED) is 0.759. The molecule has 1 heterocycles. The van der Waals surface area contributed by atoms with Crippen LogP contribution >= 0.6 is 11.3 Å². The second-order valence-corrected chi connectivity index (χ2v) is 5.28. The molecule has 3 rings (SSSR count). The van der Waals surface area contributed by atoms with E-state index in [4.69, 9.17) is 0 Å². The van der Waals surface area contributed by atoms with Crippen LogP contribution in [0.15, 0.2) is 24.3 Å². The Morgan fingerprint density at radius 2 is 1.94 bits per heavy atom. The fourth-order valence-corrected chi connectivity index (χ4v) is 3.03. The maximum absolute atomic E-state index is 12.8. The smallest absolute Gasteiger partial charge is 0.123 e. The molecule has 82 valence electrons. The number of aromatic nitrogens is 1. The third kappa shape index (κ3) is 1.76. The number of thiazole rings is 1. The van der Waals surface area contributed by atoms with Crippen LogP contribution in [0.5, 0.6) is 0 Å². The second-order valence-electron chi connectivity index (χ2n) is 4.25. The van der Waals surface area contributed by atoms with Gasteiger partial charge in [0.25, 0.3) is 0 Å². The lowest BCUT2D eigenvalue weighted by molar-refractivity contribution is 0.628. The fourth-order valence-electron chi connectivity index (χ4n) is 1.79. The summed E-state index contributed by atoms with van der Waals surface area (Å²) >= 11 is 1.76. The summed E-state index contributed by atoms with van der Waals surface area (Å²) in [5.74, 6) is 0.506. The van der Waals surface area contributed by atoms with E-state index in [1.54, 1.807) is 11.3 Å². The highest BCUT2D eigenvalue weighted by Crippen LogP contribution is 2.44. The number of rotatable bonds is 2. The number of hydrogen-bond donors (Lipinski definition) is 0. The molecule has 0 bridgehead atoms. The standard InChI is InChI=1S/C13H12FNS/c1-8-12(9-4-6-11(14)7-5-9)16-13(15-8)10-2-3-10/h4-7,10H,2-3H2,1H3. The lowest BCUT2D eigenvalue weighted by Gasteiger charge is -1.97. The summed E-state index contributed by atoms with van der Waals surface area (Å²) in [6.45, 7) is 2.03. The molecule has 3 heteroatoms. The van der Waals surface area contributed by atoms with Crippen molar-refractivity contribution in [1.29, 1.82) is 0 Å². The zero-order valence-corrected chi connectivity index (χ0v) is 9.85. The molecule has 16 heavy (non-hydrogen) atoms. The molecule has 0 spiro atoms. The van der Waals surface area contributed by atoms with E-state index in [9.17, 15) is 4.39 Å². The molecule has 0 saturated heterocycles. The van der Waals surface area contributed by atoms with Crippen molar-refractivity contribution in [3.05, 3.63) is 40.8 Å². The van der Waals surface area contributed by atoms with Crippen molar-refractivity contribution in [2.24, 2.45) is 0 Å². The largest absolute Gasteiger partial charge is 0.246 e. The first kappa shape index (κ1) is 9.97. The van der Waals surface area contributed by atoms with Crippen LogP contribution < -0.4 is 0 Å². The molecule has 1 aliphatic rings. The highest BCUT2D eigenvalue weighted by molar-refractivity contribution is 7.15. The predicted octanol–water partition coefficient (Wildman–Crippen LogP) is 4.14. The maximum Gasteiger partial charge on any atom is 0.123 e. The van der Waals surface area contributed by atoms with Gasteiger partial charge in [0.05, 0.1) is 15.6 Å². The molecular formula is C13H12FNS. The summed E-state index contributed by atoms with van der Waals surface area (Å²) in [7, 11) is 0. The van der Waals surface area contributed by atoms with Crippen molar-refractivity contribution >= 4 is 11.3 Å². The van der Waals surface area contributed by atoms with Gasteiger partial charge in [0, 0.05) is 5.92 Å². The summed E-state index contributed by atoms with van der Waals surface area (Å²) in [5.41, 5.74) is 2.14. The minimum atomic E-state index is -0.187. The van der Waals surface area contributed by atoms with Gasteiger partial charge in [0.15, 0.2) is 0 Å². The van der Waals surface area contributed by atoms with E-state index in [2.05, 4.69) is 4.98 Å². The first-order valence-corrected chi connectivity index (χ1v) is 6.29. The number of benzene rings is 1. The van der Waals surface area contributed by atoms with Crippen LogP contribution in [0, 0.1) is 12.7 Å². The molecular weight excluding hydrogens is 221 g/mol. The third-order valence-corrected chi connectivity index (χ3v) is 4.22. The second kappa shape index (κ2) is 3.67. The molecule has 0 atom stereocenters. The van der Waals surface area contributed by atoms with Crippen molar-refractivity contribution < 1.29 is 4.39 Å². The zero-order chi connectivity index (χ0) is 11.1. The normalized spacial score (nSPS) is 15.4. The molecule has 2 aromatic rings. The Bertz CT molecular complexity index is 511. The zero-order valence-electron chi connectivity index (χ0n) is 9.03. The topological polar surface area (TPSA) is 12.9 Å². The summed E-state index contributed by atoms with van der Waals surface area (Å²) in [5, 5.41) is 1.25. The van der Waals surface area contributed by atoms with Crippen molar-refractivity contribution in [2.75, 3.05) is 0 Å². The van der Waals surface area contributed by atoms with E-state index in [-0.39, 0.29) is 5.82 Å². The predicted molar refractivity (Wildman–Crippen MR) is 64.2 cm³/mol. The van der Waals surface area contributed by atoms with E-state index in [1.807, 2.05) is 19.1 Å². The van der Waals surface area contributed by atoms with Gasteiger partial charge >= 0.3 is 0 Å². The fraction of sp³-hybridized carbons (Fsp3) is 0.308. The summed E-state index contributed by atoms with van der Waals surface area (Å²) in [6.07, 6.45) is 2.55. The van der Waals surface area contributed by atoms with Crippen LogP contribution in [0.1, 0.15) is 29.5 Å². The van der Waals surface area contributed by atoms with E-state index in [1.165, 1.54) is 34.9 Å². The highest BCUT2D eigenvalue weighted by Gasteiger charge is 2.27. The third-order valence-electron chi connectivity index (χ3n) is 2.85. The summed E-state index contributed by atoms with van der Waals surface area (Å²) in [6, 6.07) is 6.66. The molecule has 0 amide bonds. The number of hydrogen-bond acceptors (Lipinski definition) is 2. The first-order valence-electron chi connectivity index (χ1n) is 5.47. The first-order chi connectivity index (χ1) is 7.74. The van der Waals surface area contributed by atoms with Crippen molar-refractivity contribution in [3.8, 4) is 10.4 Å². The van der Waals surface area contributed by atoms with Gasteiger partial charge in [-0.2, -0.15) is 0 Å². The van der Waals surface area contributed by atoms with E-state index >= 15 is 0 Å². The van der Waals surface area contributed by atoms with Crippen molar-refractivity contribution in [3.63, 3.8) is 0 Å². The lowest BCUT2D eigenvalue weighted by atomic mass is 10.1. The molecule has 0 radical (unpaired) electrons. The van der Waals surface area contributed by atoms with Gasteiger partial charge in [0.1, 0.15) is 5.82 Å². The Hall–Kier alpha value is -1.22. The Labute approximate surface area is 98.0 Å². The van der Waals surface area contributed by atoms with Crippen LogP contribution in [0.25, 0.3) is 10.4 Å². The molecule has 1 aromatic heterocycles. The summed E-state index contributed by atoms with van der Waals surface area (Å²) in [4.78, 5) is 5.78. The molecule has 1 fully saturated rings. The highest BCUT2D eigenvalue weighted by atomic mass is 32.1. The van der Waals surface area contributed by atoms with E-state index < -0.39 is 0 Å². The maximum atomic E-state index is 12.8. The van der Waals surface area contributed by atoms with Crippen molar-refractivity contribution in [2.45, 2.75) is 25.7 Å². The molecule has 1 aliphatic carbocycles. The number of nitrogens with zero attached hydrogens (tertiary/aromatic N) is 1. The molecule has 1 nitrogen and oxygen atoms in total. The molecule has 1 aromatic carbocycles. The van der Waals surface area contributed by atoms with Crippen LogP contribution in [-0.2, 0) is 0 Å². The van der Waals surface area contributed by atoms with Gasteiger partial charge in [-0.15, -0.1) is 11.3 Å². The van der Waals surface area contributed by atoms with Crippen LogP contribution in [0.2, 0.25) is 0 Å². The van der Waals surface area contributed by atoms with Gasteiger partial charge < -0.3 is 0 Å². The Morgan fingerprint density at radius 3 is 2.56 bits per heavy atom. The minimum Gasteiger partial charge on any atom is -0.246 e. The van der Waals surface area contributed by atoms with Gasteiger partial charge in [-0.25, -0.2) is 9.37 Å². The molecule has 0 aliphatic heterocycles. The van der Waals surface area contributed by atoms with Crippen LogP contribution in [0.3, 0.4) is 0 Å². The monoisotopic (exact) mass is 233 g/mol. The number of aryl methyl sites for hydroxylation is 1. The molecule has 1 saturated carbocycles. The molecule has 0 unspecified atom stereocenters. The number of halogens is 1. The molecule has 0 N–H and O–H groups in total. The van der Waals surface area contributed by atoms with Crippen LogP contribution in [0.4, 0.5) is 4.39 Å². The lowest BCUT2D eigenvalue weighted by Crippen LogP contribution is -1.79. The average molecular weight is 233 g/mol. The van der Waals surface area contributed by atoms with Gasteiger partial charge in [-0.1, -0.05) is 12.1 Å². The van der Waals surface area contributed by atoms with Gasteiger partial charge in [0.2, 0.25) is 0 Å². The summed E-state index contributed by atoms with van der Waals surface area (Å²) < 4.78 is 12.8. The van der Waals surface area contributed by atoms with Crippen LogP contribution in [-0.4, -0.2) is 4.98 Å². The van der Waals surface area contributed by atoms with Gasteiger partial charge in [-0.05, 0) is 37.5 Å². The Morgan fingerprint density at radius 1 is 1.25 bits per heavy atom. The Balaban J connectivity index is 2.01. The average Bonchev–Trinajstić information content (AvgIpc) is 3.04. The van der Waals surface area contributed by atoms with E-state index in [0.29, 0.717) is 5.92 Å². The Kier molecular flexibility index (Phi) is 2.28. The van der Waals surface area contributed by atoms with Gasteiger partial charge in [-0.3, -0.25) is 0 Å². The van der Waals surface area contributed by atoms with Crippen molar-refractivity contribution in [1.82, 2.24) is 4.98 Å². The SMILES string of the molecule is Cc1nc(C2CC2)sc1-c1ccc(F)cc1. The van der Waals surface area contributed by atoms with E-state index in [0.717, 1.165) is 11.3 Å².